The van der Waals surface area contributed by atoms with Crippen LogP contribution in [0.1, 0.15) is 27.0 Å². The van der Waals surface area contributed by atoms with Gasteiger partial charge in [0.15, 0.2) is 5.76 Å². The van der Waals surface area contributed by atoms with Crippen LogP contribution in [0, 0.1) is 5.82 Å². The van der Waals surface area contributed by atoms with Crippen LogP contribution in [0.2, 0.25) is 0 Å². The Hall–Kier alpha value is -2.97. The number of nitrogens with one attached hydrogen (secondary N) is 1. The van der Waals surface area contributed by atoms with Crippen molar-refractivity contribution < 1.29 is 18.4 Å². The summed E-state index contributed by atoms with van der Waals surface area (Å²) in [5.41, 5.74) is 0.834. The van der Waals surface area contributed by atoms with Crippen LogP contribution in [0.4, 0.5) is 4.39 Å². The molecule has 0 aliphatic carbocycles. The van der Waals surface area contributed by atoms with Crippen LogP contribution in [0.3, 0.4) is 0 Å². The van der Waals surface area contributed by atoms with E-state index >= 15 is 0 Å². The van der Waals surface area contributed by atoms with Crippen LogP contribution in [0.5, 0.6) is 0 Å². The van der Waals surface area contributed by atoms with E-state index in [-0.39, 0.29) is 30.2 Å². The molecule has 3 aromatic rings. The van der Waals surface area contributed by atoms with Crippen molar-refractivity contribution in [2.75, 3.05) is 32.7 Å². The Balaban J connectivity index is 1.34. The fourth-order valence-electron chi connectivity index (χ4n) is 3.50. The summed E-state index contributed by atoms with van der Waals surface area (Å²) >= 11 is 1.55. The van der Waals surface area contributed by atoms with Crippen LogP contribution in [-0.2, 0) is 4.79 Å². The zero-order chi connectivity index (χ0) is 20.9. The van der Waals surface area contributed by atoms with E-state index in [1.54, 1.807) is 40.5 Å². The first-order valence-electron chi connectivity index (χ1n) is 9.73. The summed E-state index contributed by atoms with van der Waals surface area (Å²) in [5.74, 6) is -0.210. The highest BCUT2D eigenvalue weighted by molar-refractivity contribution is 7.10. The summed E-state index contributed by atoms with van der Waals surface area (Å²) in [5, 5.41) is 5.02. The van der Waals surface area contributed by atoms with Gasteiger partial charge in [0, 0.05) is 31.1 Å². The number of piperazine rings is 1. The van der Waals surface area contributed by atoms with Crippen LogP contribution >= 0.6 is 11.3 Å². The van der Waals surface area contributed by atoms with Crippen molar-refractivity contribution in [1.29, 1.82) is 0 Å². The molecule has 4 rings (SSSR count). The number of hydrogen-bond acceptors (Lipinski definition) is 5. The highest BCUT2D eigenvalue weighted by Crippen LogP contribution is 2.26. The summed E-state index contributed by atoms with van der Waals surface area (Å²) in [6.45, 7) is 2.55. The third kappa shape index (κ3) is 4.77. The van der Waals surface area contributed by atoms with Crippen molar-refractivity contribution in [2.45, 2.75) is 6.04 Å². The lowest BCUT2D eigenvalue weighted by atomic mass is 10.1. The molecular weight excluding hydrogens is 405 g/mol. The van der Waals surface area contributed by atoms with Gasteiger partial charge in [-0.3, -0.25) is 14.5 Å². The molecule has 6 nitrogen and oxygen atoms in total. The molecule has 0 saturated carbocycles. The minimum atomic E-state index is -0.320. The highest BCUT2D eigenvalue weighted by atomic mass is 32.1. The quantitative estimate of drug-likeness (QED) is 0.656. The van der Waals surface area contributed by atoms with Gasteiger partial charge in [0.1, 0.15) is 5.82 Å². The highest BCUT2D eigenvalue weighted by Gasteiger charge is 2.25. The van der Waals surface area contributed by atoms with E-state index in [1.807, 2.05) is 22.4 Å². The van der Waals surface area contributed by atoms with E-state index in [9.17, 15) is 14.0 Å². The first kappa shape index (κ1) is 20.3. The number of carbonyl (C=O) groups is 2. The monoisotopic (exact) mass is 427 g/mol. The predicted molar refractivity (Wildman–Crippen MR) is 112 cm³/mol. The van der Waals surface area contributed by atoms with Crippen molar-refractivity contribution in [2.24, 2.45) is 0 Å². The Kier molecular flexibility index (Phi) is 6.25. The number of nitrogens with zero attached hydrogens (tertiary/aromatic N) is 2. The first-order valence-corrected chi connectivity index (χ1v) is 10.6. The first-order chi connectivity index (χ1) is 14.6. The van der Waals surface area contributed by atoms with E-state index in [1.165, 1.54) is 18.4 Å². The lowest BCUT2D eigenvalue weighted by Crippen LogP contribution is -2.51. The lowest BCUT2D eigenvalue weighted by molar-refractivity contribution is -0.123. The van der Waals surface area contributed by atoms with Crippen molar-refractivity contribution in [3.63, 3.8) is 0 Å². The molecule has 2 aromatic heterocycles. The zero-order valence-electron chi connectivity index (χ0n) is 16.3. The third-order valence-electron chi connectivity index (χ3n) is 5.10. The van der Waals surface area contributed by atoms with E-state index in [2.05, 4.69) is 5.32 Å². The predicted octanol–water partition coefficient (Wildman–Crippen LogP) is 3.14. The topological polar surface area (TPSA) is 65.8 Å². The summed E-state index contributed by atoms with van der Waals surface area (Å²) < 4.78 is 18.5. The van der Waals surface area contributed by atoms with Crippen molar-refractivity contribution >= 4 is 23.2 Å². The summed E-state index contributed by atoms with van der Waals surface area (Å²) in [6.07, 6.45) is 1.49. The molecule has 1 saturated heterocycles. The van der Waals surface area contributed by atoms with Gasteiger partial charge in [-0.15, -0.1) is 11.3 Å². The van der Waals surface area contributed by atoms with Crippen LogP contribution in [0.25, 0.3) is 0 Å². The van der Waals surface area contributed by atoms with Gasteiger partial charge in [0.25, 0.3) is 5.91 Å². The Morgan fingerprint density at radius 1 is 1.07 bits per heavy atom. The molecule has 2 amide bonds. The molecule has 0 spiro atoms. The van der Waals surface area contributed by atoms with Crippen molar-refractivity contribution in [1.82, 2.24) is 15.1 Å². The fourth-order valence-corrected chi connectivity index (χ4v) is 4.31. The number of benzene rings is 1. The van der Waals surface area contributed by atoms with Crippen molar-refractivity contribution in [3.8, 4) is 0 Å². The number of carbonyl (C=O) groups excluding carboxylic acids is 2. The summed E-state index contributed by atoms with van der Waals surface area (Å²) in [4.78, 5) is 29.8. The summed E-state index contributed by atoms with van der Waals surface area (Å²) in [7, 11) is 0. The molecule has 3 heterocycles. The zero-order valence-corrected chi connectivity index (χ0v) is 17.1. The van der Waals surface area contributed by atoms with Gasteiger partial charge >= 0.3 is 0 Å². The molecule has 156 valence electrons. The third-order valence-corrected chi connectivity index (χ3v) is 6.03. The molecule has 1 fully saturated rings. The van der Waals surface area contributed by atoms with Gasteiger partial charge < -0.3 is 14.6 Å². The van der Waals surface area contributed by atoms with Gasteiger partial charge in [-0.1, -0.05) is 18.2 Å². The molecule has 1 aromatic carbocycles. The second-order valence-corrected chi connectivity index (χ2v) is 8.09. The number of rotatable bonds is 6. The van der Waals surface area contributed by atoms with Crippen LogP contribution < -0.4 is 5.32 Å². The molecule has 0 radical (unpaired) electrons. The SMILES string of the molecule is O=C(CN1CCN(C(=O)c2ccco2)CC1)N[C@H](c1ccc(F)cc1)c1cccs1. The Morgan fingerprint density at radius 3 is 2.47 bits per heavy atom. The molecule has 0 bridgehead atoms. The Bertz CT molecular complexity index is 966. The maximum Gasteiger partial charge on any atom is 0.289 e. The molecule has 30 heavy (non-hydrogen) atoms. The molecule has 1 atom stereocenters. The fraction of sp³-hybridized carbons (Fsp3) is 0.273. The maximum atomic E-state index is 13.3. The number of thiophene rings is 1. The van der Waals surface area contributed by atoms with Gasteiger partial charge in [-0.05, 0) is 41.3 Å². The molecule has 1 N–H and O–H groups in total. The van der Waals surface area contributed by atoms with Crippen molar-refractivity contribution in [3.05, 3.63) is 82.2 Å². The minimum Gasteiger partial charge on any atom is -0.459 e. The molecular formula is C22H22FN3O3S. The van der Waals surface area contributed by atoms with E-state index < -0.39 is 0 Å². The largest absolute Gasteiger partial charge is 0.459 e. The maximum absolute atomic E-state index is 13.3. The average molecular weight is 428 g/mol. The minimum absolute atomic E-state index is 0.108. The Labute approximate surface area is 177 Å². The van der Waals surface area contributed by atoms with Gasteiger partial charge in [0.2, 0.25) is 5.91 Å². The number of hydrogen-bond donors (Lipinski definition) is 1. The Morgan fingerprint density at radius 2 is 1.83 bits per heavy atom. The van der Waals surface area contributed by atoms with Crippen LogP contribution in [-0.4, -0.2) is 54.3 Å². The average Bonchev–Trinajstić information content (AvgIpc) is 3.47. The van der Waals surface area contributed by atoms with E-state index in [0.29, 0.717) is 31.9 Å². The number of halogens is 1. The summed E-state index contributed by atoms with van der Waals surface area (Å²) in [6, 6.07) is 13.1. The van der Waals surface area contributed by atoms with Gasteiger partial charge in [-0.2, -0.15) is 0 Å². The standard InChI is InChI=1S/C22H22FN3O3S/c23-17-7-5-16(6-8-17)21(19-4-2-14-30-19)24-20(27)15-25-9-11-26(12-10-25)22(28)18-3-1-13-29-18/h1-8,13-14,21H,9-12,15H2,(H,24,27)/t21-/m1/s1. The molecule has 0 unspecified atom stereocenters. The second-order valence-electron chi connectivity index (χ2n) is 7.11. The smallest absolute Gasteiger partial charge is 0.289 e. The molecule has 1 aliphatic rings. The lowest BCUT2D eigenvalue weighted by Gasteiger charge is -2.34. The van der Waals surface area contributed by atoms with E-state index in [0.717, 1.165) is 10.4 Å². The number of amides is 2. The van der Waals surface area contributed by atoms with E-state index in [4.69, 9.17) is 4.42 Å². The van der Waals surface area contributed by atoms with Crippen LogP contribution in [0.15, 0.2) is 64.6 Å². The number of furan rings is 1. The second kappa shape index (κ2) is 9.23. The molecule has 1 aliphatic heterocycles. The van der Waals surface area contributed by atoms with Gasteiger partial charge in [-0.25, -0.2) is 4.39 Å². The normalized spacial score (nSPS) is 15.7. The van der Waals surface area contributed by atoms with Gasteiger partial charge in [0.05, 0.1) is 18.8 Å². The molecule has 8 heteroatoms.